The number of nitrogens with one attached hydrogen (secondary N) is 2. The summed E-state index contributed by atoms with van der Waals surface area (Å²) in [5, 5.41) is 5.10. The van der Waals surface area contributed by atoms with Crippen LogP contribution in [0.5, 0.6) is 0 Å². The molecule has 25 heavy (non-hydrogen) atoms. The standard InChI is InChI=1S/C17H18F2N4O2/c1-23(2)16(24)15-10-13(6-8-20-15)22-17(25)21-7-5-11-9-12(18)3-4-14(11)19/h3-4,6,8-10H,5,7H2,1-2H3,(H2,20,21,22,25). The first-order valence-corrected chi connectivity index (χ1v) is 7.53. The molecule has 0 bridgehead atoms. The Labute approximate surface area is 143 Å². The van der Waals surface area contributed by atoms with Gasteiger partial charge in [-0.15, -0.1) is 0 Å². The second kappa shape index (κ2) is 8.18. The molecule has 2 N–H and O–H groups in total. The molecule has 6 nitrogen and oxygen atoms in total. The fraction of sp³-hybridized carbons (Fsp3) is 0.235. The number of rotatable bonds is 5. The van der Waals surface area contributed by atoms with Gasteiger partial charge in [-0.05, 0) is 42.3 Å². The Bertz CT molecular complexity index is 781. The summed E-state index contributed by atoms with van der Waals surface area (Å²) < 4.78 is 26.6. The molecule has 0 spiro atoms. The third kappa shape index (κ3) is 5.23. The molecule has 2 rings (SSSR count). The predicted molar refractivity (Wildman–Crippen MR) is 89.3 cm³/mol. The lowest BCUT2D eigenvalue weighted by molar-refractivity contribution is 0.0822. The second-order valence-electron chi connectivity index (χ2n) is 5.50. The zero-order valence-electron chi connectivity index (χ0n) is 13.8. The van der Waals surface area contributed by atoms with E-state index in [1.54, 1.807) is 14.1 Å². The molecule has 1 heterocycles. The lowest BCUT2D eigenvalue weighted by Gasteiger charge is -2.11. The van der Waals surface area contributed by atoms with E-state index in [9.17, 15) is 18.4 Å². The minimum atomic E-state index is -0.532. The molecule has 0 atom stereocenters. The predicted octanol–water partition coefficient (Wildman–Crippen LogP) is 2.43. The van der Waals surface area contributed by atoms with E-state index >= 15 is 0 Å². The van der Waals surface area contributed by atoms with Gasteiger partial charge in [-0.3, -0.25) is 9.78 Å². The molecule has 0 aliphatic rings. The molecule has 132 valence electrons. The average molecular weight is 348 g/mol. The number of nitrogens with zero attached hydrogens (tertiary/aromatic N) is 2. The summed E-state index contributed by atoms with van der Waals surface area (Å²) in [5.74, 6) is -1.34. The molecular formula is C17H18F2N4O2. The fourth-order valence-electron chi connectivity index (χ4n) is 2.08. The van der Waals surface area contributed by atoms with Crippen molar-refractivity contribution in [1.82, 2.24) is 15.2 Å². The Morgan fingerprint density at radius 2 is 1.92 bits per heavy atom. The van der Waals surface area contributed by atoms with Crippen molar-refractivity contribution in [3.05, 3.63) is 59.4 Å². The molecule has 0 aliphatic heterocycles. The maximum Gasteiger partial charge on any atom is 0.319 e. The van der Waals surface area contributed by atoms with Crippen LogP contribution in [-0.4, -0.2) is 42.5 Å². The van der Waals surface area contributed by atoms with Crippen LogP contribution < -0.4 is 10.6 Å². The van der Waals surface area contributed by atoms with Gasteiger partial charge in [0.2, 0.25) is 0 Å². The first-order valence-electron chi connectivity index (χ1n) is 7.53. The number of anilines is 1. The van der Waals surface area contributed by atoms with Gasteiger partial charge in [-0.25, -0.2) is 13.6 Å². The Morgan fingerprint density at radius 1 is 1.16 bits per heavy atom. The molecular weight excluding hydrogens is 330 g/mol. The first kappa shape index (κ1) is 18.3. The van der Waals surface area contributed by atoms with Crippen molar-refractivity contribution < 1.29 is 18.4 Å². The third-order valence-corrected chi connectivity index (χ3v) is 3.33. The summed E-state index contributed by atoms with van der Waals surface area (Å²) in [7, 11) is 3.20. The smallest absolute Gasteiger partial charge is 0.319 e. The highest BCUT2D eigenvalue weighted by Crippen LogP contribution is 2.11. The monoisotopic (exact) mass is 348 g/mol. The van der Waals surface area contributed by atoms with Crippen LogP contribution in [0.3, 0.4) is 0 Å². The maximum absolute atomic E-state index is 13.5. The van der Waals surface area contributed by atoms with Crippen molar-refractivity contribution in [2.45, 2.75) is 6.42 Å². The molecule has 8 heteroatoms. The normalized spacial score (nSPS) is 10.2. The van der Waals surface area contributed by atoms with E-state index in [2.05, 4.69) is 15.6 Å². The van der Waals surface area contributed by atoms with Crippen LogP contribution in [0, 0.1) is 11.6 Å². The quantitative estimate of drug-likeness (QED) is 0.871. The SMILES string of the molecule is CN(C)C(=O)c1cc(NC(=O)NCCc2cc(F)ccc2F)ccn1. The van der Waals surface area contributed by atoms with Crippen LogP contribution in [0.2, 0.25) is 0 Å². The Hall–Kier alpha value is -3.03. The molecule has 2 aromatic rings. The number of pyridine rings is 1. The van der Waals surface area contributed by atoms with E-state index in [0.29, 0.717) is 5.69 Å². The van der Waals surface area contributed by atoms with Gasteiger partial charge in [0, 0.05) is 32.5 Å². The van der Waals surface area contributed by atoms with Crippen LogP contribution in [0.4, 0.5) is 19.3 Å². The number of aromatic nitrogens is 1. The molecule has 1 aromatic heterocycles. The van der Waals surface area contributed by atoms with Gasteiger partial charge >= 0.3 is 6.03 Å². The van der Waals surface area contributed by atoms with Crippen molar-refractivity contribution in [1.29, 1.82) is 0 Å². The number of carbonyl (C=O) groups excluding carboxylic acids is 2. The summed E-state index contributed by atoms with van der Waals surface area (Å²) in [6.45, 7) is 0.126. The molecule has 0 radical (unpaired) electrons. The van der Waals surface area contributed by atoms with E-state index in [1.165, 1.54) is 23.2 Å². The Kier molecular flexibility index (Phi) is 5.99. The Morgan fingerprint density at radius 3 is 2.64 bits per heavy atom. The van der Waals surface area contributed by atoms with Crippen LogP contribution in [0.1, 0.15) is 16.1 Å². The highest BCUT2D eigenvalue weighted by atomic mass is 19.1. The molecule has 0 saturated heterocycles. The highest BCUT2D eigenvalue weighted by molar-refractivity contribution is 5.95. The summed E-state index contributed by atoms with van der Waals surface area (Å²) in [6.07, 6.45) is 1.56. The van der Waals surface area contributed by atoms with Crippen LogP contribution in [0.25, 0.3) is 0 Å². The molecule has 3 amide bonds. The number of urea groups is 1. The number of halogens is 2. The zero-order chi connectivity index (χ0) is 18.4. The Balaban J connectivity index is 1.89. The largest absolute Gasteiger partial charge is 0.343 e. The van der Waals surface area contributed by atoms with Crippen molar-refractivity contribution in [2.24, 2.45) is 0 Å². The molecule has 0 fully saturated rings. The van der Waals surface area contributed by atoms with E-state index < -0.39 is 17.7 Å². The van der Waals surface area contributed by atoms with Gasteiger partial charge < -0.3 is 15.5 Å². The van der Waals surface area contributed by atoms with Gasteiger partial charge in [0.25, 0.3) is 5.91 Å². The summed E-state index contributed by atoms with van der Waals surface area (Å²) >= 11 is 0. The van der Waals surface area contributed by atoms with Gasteiger partial charge in [-0.2, -0.15) is 0 Å². The molecule has 1 aromatic carbocycles. The third-order valence-electron chi connectivity index (χ3n) is 3.33. The number of hydrogen-bond acceptors (Lipinski definition) is 3. The lowest BCUT2D eigenvalue weighted by Crippen LogP contribution is -2.31. The minimum absolute atomic E-state index is 0.126. The van der Waals surface area contributed by atoms with Gasteiger partial charge in [0.15, 0.2) is 0 Å². The van der Waals surface area contributed by atoms with Gasteiger partial charge in [0.1, 0.15) is 17.3 Å². The van der Waals surface area contributed by atoms with Crippen molar-refractivity contribution >= 4 is 17.6 Å². The summed E-state index contributed by atoms with van der Waals surface area (Å²) in [4.78, 5) is 29.0. The van der Waals surface area contributed by atoms with E-state index in [0.717, 1.165) is 18.2 Å². The van der Waals surface area contributed by atoms with Crippen LogP contribution >= 0.6 is 0 Å². The molecule has 0 unspecified atom stereocenters. The second-order valence-corrected chi connectivity index (χ2v) is 5.50. The number of carbonyl (C=O) groups is 2. The zero-order valence-corrected chi connectivity index (χ0v) is 13.8. The topological polar surface area (TPSA) is 74.3 Å². The van der Waals surface area contributed by atoms with Crippen molar-refractivity contribution in [3.63, 3.8) is 0 Å². The minimum Gasteiger partial charge on any atom is -0.343 e. The fourth-order valence-corrected chi connectivity index (χ4v) is 2.08. The highest BCUT2D eigenvalue weighted by Gasteiger charge is 2.11. The van der Waals surface area contributed by atoms with Crippen molar-refractivity contribution in [3.8, 4) is 0 Å². The lowest BCUT2D eigenvalue weighted by atomic mass is 10.1. The molecule has 0 saturated carbocycles. The van der Waals surface area contributed by atoms with E-state index in [4.69, 9.17) is 0 Å². The number of hydrogen-bond donors (Lipinski definition) is 2. The molecule has 0 aliphatic carbocycles. The van der Waals surface area contributed by atoms with Crippen LogP contribution in [0.15, 0.2) is 36.5 Å². The summed E-state index contributed by atoms with van der Waals surface area (Å²) in [6, 6.07) is 5.65. The van der Waals surface area contributed by atoms with Crippen molar-refractivity contribution in [2.75, 3.05) is 26.0 Å². The maximum atomic E-state index is 13.5. The van der Waals surface area contributed by atoms with Gasteiger partial charge in [-0.1, -0.05) is 0 Å². The number of amides is 3. The van der Waals surface area contributed by atoms with E-state index in [1.807, 2.05) is 0 Å². The average Bonchev–Trinajstić information content (AvgIpc) is 2.57. The first-order chi connectivity index (χ1) is 11.9. The number of benzene rings is 1. The van der Waals surface area contributed by atoms with E-state index in [-0.39, 0.29) is 30.1 Å². The van der Waals surface area contributed by atoms with Crippen LogP contribution in [-0.2, 0) is 6.42 Å². The summed E-state index contributed by atoms with van der Waals surface area (Å²) in [5.41, 5.74) is 0.780. The van der Waals surface area contributed by atoms with Gasteiger partial charge in [0.05, 0.1) is 0 Å².